The van der Waals surface area contributed by atoms with E-state index in [1.807, 2.05) is 69.9 Å². The predicted octanol–water partition coefficient (Wildman–Crippen LogP) is 12.8. The smallest absolute Gasteiger partial charge is 0.139 e. The van der Waals surface area contributed by atoms with E-state index < -0.39 is 6.17 Å². The van der Waals surface area contributed by atoms with E-state index in [9.17, 15) is 9.50 Å². The molecule has 85 heavy (non-hydrogen) atoms. The Morgan fingerprint density at radius 1 is 0.400 bits per heavy atom. The fourth-order valence-electron chi connectivity index (χ4n) is 11.2. The van der Waals surface area contributed by atoms with Crippen LogP contribution in [0.15, 0.2) is 201 Å². The van der Waals surface area contributed by atoms with E-state index in [1.165, 1.54) is 34.6 Å². The molecule has 4 aliphatic heterocycles. The summed E-state index contributed by atoms with van der Waals surface area (Å²) in [6.07, 6.45) is 17.6. The summed E-state index contributed by atoms with van der Waals surface area (Å²) in [6, 6.07) is 51.2. The predicted molar refractivity (Wildman–Crippen MR) is 338 cm³/mol. The van der Waals surface area contributed by atoms with E-state index >= 15 is 0 Å². The molecule has 430 valence electrons. The summed E-state index contributed by atoms with van der Waals surface area (Å²) in [5, 5.41) is 9.34. The summed E-state index contributed by atoms with van der Waals surface area (Å²) in [5.41, 5.74) is 19.4. The second-order valence-corrected chi connectivity index (χ2v) is 22.1. The van der Waals surface area contributed by atoms with Crippen molar-refractivity contribution in [2.75, 3.05) is 98.4 Å². The lowest BCUT2D eigenvalue weighted by molar-refractivity contribution is 0.122. The van der Waals surface area contributed by atoms with Crippen molar-refractivity contribution in [2.45, 2.75) is 32.9 Å². The maximum Gasteiger partial charge on any atom is 0.139 e. The molecule has 4 fully saturated rings. The van der Waals surface area contributed by atoms with Crippen molar-refractivity contribution in [1.82, 2.24) is 37.5 Å². The third-order valence-corrected chi connectivity index (χ3v) is 16.1. The number of rotatable bonds is 8. The molecule has 12 aromatic rings. The topological polar surface area (TPSA) is 121 Å². The lowest BCUT2D eigenvalue weighted by atomic mass is 10.1. The summed E-state index contributed by atoms with van der Waals surface area (Å²) < 4.78 is 32.4. The molecule has 4 saturated heterocycles. The average molecular weight is 1130 g/mol. The maximum atomic E-state index is 13.3. The van der Waals surface area contributed by atoms with Crippen LogP contribution < -0.4 is 19.6 Å². The number of pyridine rings is 4. The van der Waals surface area contributed by atoms with Gasteiger partial charge in [0.25, 0.3) is 0 Å². The van der Waals surface area contributed by atoms with Gasteiger partial charge in [0.1, 0.15) is 34.5 Å². The number of phenols is 1. The summed E-state index contributed by atoms with van der Waals surface area (Å²) in [5.74, 6) is 0.276. The Morgan fingerprint density at radius 2 is 0.800 bits per heavy atom. The number of alkyl halides is 1. The SMILES string of the molecule is Cc1ccc(-c2cn3ccc(N4CCOCC4)cc3n2)cc1.Cc1cccc(-c2cn3ccc(N4CCOCC4)cc3n2)c1.F[C@H]1CCN(c2ccn3cc(-c4ccccc4)nc3c2)C1.Oc1ccc(-c2cn3ccc(N4CCC4)cc3n2)cc1. The second-order valence-electron chi connectivity index (χ2n) is 22.1. The summed E-state index contributed by atoms with van der Waals surface area (Å²) in [6.45, 7) is 14.7. The van der Waals surface area contributed by atoms with Crippen LogP contribution in [-0.4, -0.2) is 128 Å². The van der Waals surface area contributed by atoms with Crippen molar-refractivity contribution < 1.29 is 19.0 Å². The molecule has 1 atom stereocenters. The van der Waals surface area contributed by atoms with Gasteiger partial charge >= 0.3 is 0 Å². The molecule has 16 rings (SSSR count). The molecular formula is C69H69FN12O3. The van der Waals surface area contributed by atoms with Gasteiger partial charge in [0.05, 0.1) is 49.2 Å². The van der Waals surface area contributed by atoms with Crippen LogP contribution >= 0.6 is 0 Å². The number of phenolic OH excluding ortho intramolecular Hbond substituents is 1. The third kappa shape index (κ3) is 12.7. The second kappa shape index (κ2) is 24.8. The highest BCUT2D eigenvalue weighted by Gasteiger charge is 2.23. The molecule has 4 aliphatic rings. The van der Waals surface area contributed by atoms with Crippen molar-refractivity contribution in [3.63, 3.8) is 0 Å². The van der Waals surface area contributed by atoms with Crippen molar-refractivity contribution in [2.24, 2.45) is 0 Å². The Kier molecular flexibility index (Phi) is 15.9. The van der Waals surface area contributed by atoms with E-state index in [2.05, 4.69) is 180 Å². The van der Waals surface area contributed by atoms with Crippen molar-refractivity contribution in [3.05, 3.63) is 212 Å². The standard InChI is InChI=1S/2C18H19N3O.C17H16FN3.C16H15N3O/c1-14-2-4-15(5-3-14)17-13-21-7-6-16(12-18(21)19-17)20-8-10-22-11-9-20;1-14-3-2-4-15(11-14)17-13-21-6-5-16(12-18(21)19-17)20-7-9-22-10-8-20;18-14-6-8-20(11-14)15-7-9-21-12-16(19-17(21)10-15)13-4-2-1-3-5-13;20-14-4-2-12(3-5-14)15-11-19-9-6-13(10-16(19)17-15)18-7-1-8-18/h2-7,12-13H,8-11H2,1H3;2-6,11-13H,7-10H2,1H3;1-5,7,9-10,12,14H,6,8,11H2;2-6,9-11,20H,1,7-8H2/t;;14-;/m..0./s1. The fourth-order valence-corrected chi connectivity index (χ4v) is 11.2. The number of hydrogen-bond donors (Lipinski definition) is 1. The molecule has 15 nitrogen and oxygen atoms in total. The van der Waals surface area contributed by atoms with Crippen LogP contribution in [0.5, 0.6) is 5.75 Å². The van der Waals surface area contributed by atoms with Gasteiger partial charge in [-0.05, 0) is 81.3 Å². The van der Waals surface area contributed by atoms with E-state index in [1.54, 1.807) is 12.1 Å². The number of benzene rings is 4. The average Bonchev–Trinajstić information content (AvgIpc) is 4.55. The number of morpholine rings is 2. The molecular weight excluding hydrogens is 1060 g/mol. The number of anilines is 4. The molecule has 0 spiro atoms. The third-order valence-electron chi connectivity index (χ3n) is 16.1. The Hall–Kier alpha value is -9.51. The molecule has 0 saturated carbocycles. The van der Waals surface area contributed by atoms with Gasteiger partial charge in [-0.25, -0.2) is 24.3 Å². The molecule has 0 aliphatic carbocycles. The van der Waals surface area contributed by atoms with Gasteiger partial charge < -0.3 is 51.8 Å². The zero-order valence-electron chi connectivity index (χ0n) is 48.0. The minimum atomic E-state index is -0.708. The molecule has 8 aromatic heterocycles. The number of fused-ring (bicyclic) bond motifs is 4. The Balaban J connectivity index is 0.000000105. The molecule has 0 bridgehead atoms. The van der Waals surface area contributed by atoms with Crippen LogP contribution in [0.2, 0.25) is 0 Å². The Morgan fingerprint density at radius 3 is 1.21 bits per heavy atom. The Bertz CT molecular complexity index is 4200. The first kappa shape index (κ1) is 54.7. The summed E-state index contributed by atoms with van der Waals surface area (Å²) in [7, 11) is 0. The van der Waals surface area contributed by atoms with Gasteiger partial charge in [-0.3, -0.25) is 0 Å². The van der Waals surface area contributed by atoms with Crippen LogP contribution in [0.1, 0.15) is 24.0 Å². The monoisotopic (exact) mass is 1130 g/mol. The highest BCUT2D eigenvalue weighted by molar-refractivity contribution is 5.70. The fraction of sp³-hybridized carbons (Fsp3) is 0.246. The van der Waals surface area contributed by atoms with Crippen molar-refractivity contribution in [3.8, 4) is 50.8 Å². The first-order chi connectivity index (χ1) is 41.7. The van der Waals surface area contributed by atoms with Gasteiger partial charge in [-0.15, -0.1) is 0 Å². The van der Waals surface area contributed by atoms with Crippen molar-refractivity contribution >= 4 is 45.3 Å². The minimum absolute atomic E-state index is 0.276. The van der Waals surface area contributed by atoms with E-state index in [4.69, 9.17) is 19.4 Å². The summed E-state index contributed by atoms with van der Waals surface area (Å²) in [4.78, 5) is 28.0. The highest BCUT2D eigenvalue weighted by Crippen LogP contribution is 2.30. The van der Waals surface area contributed by atoms with Gasteiger partial charge in [-0.2, -0.15) is 0 Å². The highest BCUT2D eigenvalue weighted by atomic mass is 19.1. The van der Waals surface area contributed by atoms with Crippen LogP contribution in [-0.2, 0) is 9.47 Å². The first-order valence-corrected chi connectivity index (χ1v) is 29.4. The zero-order chi connectivity index (χ0) is 57.6. The van der Waals surface area contributed by atoms with Gasteiger partial charge in [-0.1, -0.05) is 83.9 Å². The zero-order valence-corrected chi connectivity index (χ0v) is 48.0. The van der Waals surface area contributed by atoms with Gasteiger partial charge in [0.2, 0.25) is 0 Å². The number of hydrogen-bond acceptors (Lipinski definition) is 11. The van der Waals surface area contributed by atoms with E-state index in [0.29, 0.717) is 13.0 Å². The molecule has 12 heterocycles. The minimum Gasteiger partial charge on any atom is -0.508 e. The van der Waals surface area contributed by atoms with Crippen molar-refractivity contribution in [1.29, 1.82) is 0 Å². The number of aryl methyl sites for hydroxylation is 2. The quantitative estimate of drug-likeness (QED) is 0.157. The summed E-state index contributed by atoms with van der Waals surface area (Å²) >= 11 is 0. The van der Waals surface area contributed by atoms with Gasteiger partial charge in [0, 0.05) is 171 Å². The molecule has 16 heteroatoms. The Labute approximate surface area is 494 Å². The molecule has 0 amide bonds. The van der Waals surface area contributed by atoms with E-state index in [-0.39, 0.29) is 5.75 Å². The van der Waals surface area contributed by atoms with Crippen LogP contribution in [0.4, 0.5) is 27.1 Å². The number of imidazole rings is 4. The number of ether oxygens (including phenoxy) is 2. The number of aromatic nitrogens is 8. The lowest BCUT2D eigenvalue weighted by Gasteiger charge is -2.33. The number of halogens is 1. The largest absolute Gasteiger partial charge is 0.508 e. The molecule has 4 aromatic carbocycles. The first-order valence-electron chi connectivity index (χ1n) is 29.4. The number of nitrogens with zero attached hydrogens (tertiary/aromatic N) is 12. The van der Waals surface area contributed by atoms with Crippen LogP contribution in [0.3, 0.4) is 0 Å². The van der Waals surface area contributed by atoms with Gasteiger partial charge in [0.15, 0.2) is 0 Å². The normalized spacial score (nSPS) is 16.0. The lowest BCUT2D eigenvalue weighted by Crippen LogP contribution is -2.36. The van der Waals surface area contributed by atoms with E-state index in [0.717, 1.165) is 146 Å². The molecule has 0 radical (unpaired) electrons. The maximum absolute atomic E-state index is 13.3. The number of aromatic hydroxyl groups is 1. The van der Waals surface area contributed by atoms with Crippen LogP contribution in [0, 0.1) is 13.8 Å². The van der Waals surface area contributed by atoms with Crippen LogP contribution in [0.25, 0.3) is 67.6 Å². The molecule has 0 unspecified atom stereocenters. The molecule has 1 N–H and O–H groups in total.